The fourth-order valence-corrected chi connectivity index (χ4v) is 1.95. The number of benzene rings is 1. The second-order valence-corrected chi connectivity index (χ2v) is 5.32. The Kier molecular flexibility index (Phi) is 2.86. The predicted molar refractivity (Wildman–Crippen MR) is 66.2 cm³/mol. The lowest BCUT2D eigenvalue weighted by Crippen LogP contribution is -1.96. The van der Waals surface area contributed by atoms with Gasteiger partial charge in [0.25, 0.3) is 0 Å². The van der Waals surface area contributed by atoms with Gasteiger partial charge in [-0.15, -0.1) is 0 Å². The summed E-state index contributed by atoms with van der Waals surface area (Å²) in [6.07, 6.45) is 2.79. The van der Waals surface area contributed by atoms with Gasteiger partial charge < -0.3 is 0 Å². The summed E-state index contributed by atoms with van der Waals surface area (Å²) >= 11 is 0. The molecule has 0 nitrogen and oxygen atoms in total. The van der Waals surface area contributed by atoms with Crippen LogP contribution in [0.5, 0.6) is 0 Å². The first-order chi connectivity index (χ1) is 7.08. The highest BCUT2D eigenvalue weighted by Gasteiger charge is 2.24. The SMILES string of the molecule is C[C](C)c1cc(C(C)C)cc(C2CC2)c1. The Morgan fingerprint density at radius 2 is 1.80 bits per heavy atom. The van der Waals surface area contributed by atoms with Gasteiger partial charge in [0, 0.05) is 0 Å². The first kappa shape index (κ1) is 10.7. The monoisotopic (exact) mass is 201 g/mol. The second-order valence-electron chi connectivity index (χ2n) is 5.32. The smallest absolute Gasteiger partial charge is 0.00118 e. The average Bonchev–Trinajstić information content (AvgIpc) is 3.00. The third-order valence-electron chi connectivity index (χ3n) is 3.27. The third kappa shape index (κ3) is 2.42. The first-order valence-electron chi connectivity index (χ1n) is 6.03. The number of hydrogen-bond donors (Lipinski definition) is 0. The molecule has 1 aromatic carbocycles. The second kappa shape index (κ2) is 4.00. The molecule has 1 radical (unpaired) electrons. The summed E-state index contributed by atoms with van der Waals surface area (Å²) in [5, 5.41) is 0. The topological polar surface area (TPSA) is 0 Å². The maximum absolute atomic E-state index is 2.41. The molecule has 81 valence electrons. The van der Waals surface area contributed by atoms with Crippen LogP contribution in [0, 0.1) is 5.92 Å². The molecule has 1 aliphatic rings. The summed E-state index contributed by atoms with van der Waals surface area (Å²) in [6, 6.07) is 7.15. The lowest BCUT2D eigenvalue weighted by molar-refractivity contribution is 0.858. The fourth-order valence-electron chi connectivity index (χ4n) is 1.95. The lowest BCUT2D eigenvalue weighted by atomic mass is 9.92. The molecule has 1 aliphatic carbocycles. The Bertz CT molecular complexity index is 287. The Hall–Kier alpha value is -0.780. The zero-order valence-electron chi connectivity index (χ0n) is 10.3. The van der Waals surface area contributed by atoms with E-state index in [4.69, 9.17) is 0 Å². The van der Waals surface area contributed by atoms with Crippen molar-refractivity contribution < 1.29 is 0 Å². The normalized spacial score (nSPS) is 16.4. The summed E-state index contributed by atoms with van der Waals surface area (Å²) in [4.78, 5) is 0. The van der Waals surface area contributed by atoms with Gasteiger partial charge in [-0.1, -0.05) is 45.9 Å². The van der Waals surface area contributed by atoms with Crippen molar-refractivity contribution in [3.8, 4) is 0 Å². The van der Waals surface area contributed by atoms with Crippen molar-refractivity contribution in [2.75, 3.05) is 0 Å². The standard InChI is InChI=1S/C15H21/c1-10(2)13-7-14(11(3)4)9-15(8-13)12-5-6-12/h7-10,12H,5-6H2,1-4H3. The molecule has 1 saturated carbocycles. The summed E-state index contributed by atoms with van der Waals surface area (Å²) in [5.74, 6) is 2.93. The Morgan fingerprint density at radius 1 is 1.13 bits per heavy atom. The molecule has 0 heterocycles. The average molecular weight is 201 g/mol. The van der Waals surface area contributed by atoms with Gasteiger partial charge in [0.15, 0.2) is 0 Å². The quantitative estimate of drug-likeness (QED) is 0.667. The molecule has 0 heteroatoms. The van der Waals surface area contributed by atoms with Crippen LogP contribution in [0.2, 0.25) is 0 Å². The van der Waals surface area contributed by atoms with E-state index >= 15 is 0 Å². The van der Waals surface area contributed by atoms with Crippen molar-refractivity contribution in [3.05, 3.63) is 40.8 Å². The van der Waals surface area contributed by atoms with E-state index in [0.29, 0.717) is 5.92 Å². The van der Waals surface area contributed by atoms with Crippen LogP contribution in [0.3, 0.4) is 0 Å². The molecule has 1 fully saturated rings. The molecule has 0 spiro atoms. The van der Waals surface area contributed by atoms with Crippen molar-refractivity contribution in [1.82, 2.24) is 0 Å². The zero-order valence-corrected chi connectivity index (χ0v) is 10.3. The molecule has 0 amide bonds. The lowest BCUT2D eigenvalue weighted by Gasteiger charge is -2.13. The largest absolute Gasteiger partial charge is 0.0587 e. The molecule has 0 aliphatic heterocycles. The summed E-state index contributed by atoms with van der Waals surface area (Å²) in [6.45, 7) is 8.97. The highest BCUT2D eigenvalue weighted by Crippen LogP contribution is 2.41. The minimum atomic E-state index is 0.641. The van der Waals surface area contributed by atoms with Crippen LogP contribution in [0.1, 0.15) is 69.1 Å². The van der Waals surface area contributed by atoms with E-state index in [1.807, 2.05) is 0 Å². The van der Waals surface area contributed by atoms with Crippen LogP contribution in [0.4, 0.5) is 0 Å². The molecular weight excluding hydrogens is 180 g/mol. The van der Waals surface area contributed by atoms with E-state index in [9.17, 15) is 0 Å². The molecule has 0 atom stereocenters. The van der Waals surface area contributed by atoms with Gasteiger partial charge in [-0.3, -0.25) is 0 Å². The predicted octanol–water partition coefficient (Wildman–Crippen LogP) is 4.65. The van der Waals surface area contributed by atoms with E-state index in [-0.39, 0.29) is 0 Å². The van der Waals surface area contributed by atoms with E-state index in [1.165, 1.54) is 29.9 Å². The van der Waals surface area contributed by atoms with Gasteiger partial charge in [-0.05, 0) is 47.3 Å². The van der Waals surface area contributed by atoms with Gasteiger partial charge >= 0.3 is 0 Å². The molecule has 2 rings (SSSR count). The Balaban J connectivity index is 2.39. The van der Waals surface area contributed by atoms with E-state index in [1.54, 1.807) is 5.56 Å². The van der Waals surface area contributed by atoms with Crippen molar-refractivity contribution in [2.24, 2.45) is 0 Å². The van der Waals surface area contributed by atoms with Gasteiger partial charge in [0.05, 0.1) is 0 Å². The molecule has 15 heavy (non-hydrogen) atoms. The molecule has 0 aromatic heterocycles. The summed E-state index contributed by atoms with van der Waals surface area (Å²) in [7, 11) is 0. The highest BCUT2D eigenvalue weighted by molar-refractivity contribution is 5.40. The minimum absolute atomic E-state index is 0.641. The van der Waals surface area contributed by atoms with Crippen LogP contribution < -0.4 is 0 Å². The molecule has 0 unspecified atom stereocenters. The summed E-state index contributed by atoms with van der Waals surface area (Å²) in [5.41, 5.74) is 4.50. The third-order valence-corrected chi connectivity index (χ3v) is 3.27. The van der Waals surface area contributed by atoms with Crippen LogP contribution >= 0.6 is 0 Å². The van der Waals surface area contributed by atoms with Crippen molar-refractivity contribution >= 4 is 0 Å². The van der Waals surface area contributed by atoms with Crippen molar-refractivity contribution in [1.29, 1.82) is 0 Å². The Morgan fingerprint density at radius 3 is 2.27 bits per heavy atom. The first-order valence-corrected chi connectivity index (χ1v) is 6.03. The van der Waals surface area contributed by atoms with Crippen LogP contribution in [-0.4, -0.2) is 0 Å². The van der Waals surface area contributed by atoms with Crippen molar-refractivity contribution in [2.45, 2.75) is 52.4 Å². The van der Waals surface area contributed by atoms with Crippen molar-refractivity contribution in [3.63, 3.8) is 0 Å². The van der Waals surface area contributed by atoms with E-state index in [2.05, 4.69) is 45.9 Å². The van der Waals surface area contributed by atoms with E-state index < -0.39 is 0 Å². The molecule has 1 aromatic rings. The molecule has 0 N–H and O–H groups in total. The number of hydrogen-bond acceptors (Lipinski definition) is 0. The Labute approximate surface area is 93.7 Å². The minimum Gasteiger partial charge on any atom is -0.0587 e. The maximum atomic E-state index is 2.41. The highest BCUT2D eigenvalue weighted by atomic mass is 14.3. The maximum Gasteiger partial charge on any atom is -0.00118 e. The number of rotatable bonds is 3. The van der Waals surface area contributed by atoms with Crippen LogP contribution in [-0.2, 0) is 0 Å². The summed E-state index contributed by atoms with van der Waals surface area (Å²) < 4.78 is 0. The fraction of sp³-hybridized carbons (Fsp3) is 0.533. The van der Waals surface area contributed by atoms with Gasteiger partial charge in [0.1, 0.15) is 0 Å². The van der Waals surface area contributed by atoms with Crippen LogP contribution in [0.25, 0.3) is 0 Å². The molecular formula is C15H21. The van der Waals surface area contributed by atoms with Gasteiger partial charge in [-0.2, -0.15) is 0 Å². The molecule has 0 saturated heterocycles. The zero-order chi connectivity index (χ0) is 11.0. The van der Waals surface area contributed by atoms with E-state index in [0.717, 1.165) is 5.92 Å². The molecule has 0 bridgehead atoms. The van der Waals surface area contributed by atoms with Crippen LogP contribution in [0.15, 0.2) is 18.2 Å². The van der Waals surface area contributed by atoms with Gasteiger partial charge in [-0.25, -0.2) is 0 Å². The van der Waals surface area contributed by atoms with Gasteiger partial charge in [0.2, 0.25) is 0 Å².